The minimum absolute atomic E-state index is 0. The molecule has 0 amide bonds. The third kappa shape index (κ3) is 3.85. The number of hydrogen-bond donors (Lipinski definition) is 0. The summed E-state index contributed by atoms with van der Waals surface area (Å²) in [5.74, 6) is 0.909. The standard InChI is InChI=1S/C26H19N2.B.Y/c1-18-11-12-21(17-24(18)26-27-15-6-16-28(26)2)23-10-5-8-20-14-13-19-7-3-4-9-22(19)25(20)23;;/h3-9,11-16H,1-2H3;;/q-1;;. The van der Waals surface area contributed by atoms with Crippen molar-refractivity contribution in [2.24, 2.45) is 7.05 Å². The van der Waals surface area contributed by atoms with Crippen LogP contribution in [-0.2, 0) is 39.8 Å². The minimum Gasteiger partial charge on any atom is -0.265 e. The van der Waals surface area contributed by atoms with Crippen LogP contribution in [0.1, 0.15) is 5.56 Å². The van der Waals surface area contributed by atoms with E-state index in [9.17, 15) is 0 Å². The van der Waals surface area contributed by atoms with Crippen molar-refractivity contribution in [3.63, 3.8) is 0 Å². The number of fused-ring (bicyclic) bond motifs is 3. The van der Waals surface area contributed by atoms with E-state index in [2.05, 4.69) is 78.6 Å². The Kier molecular flexibility index (Phi) is 6.85. The topological polar surface area (TPSA) is 16.8 Å². The molecule has 30 heavy (non-hydrogen) atoms. The summed E-state index contributed by atoms with van der Waals surface area (Å²) < 4.78 is 2.03. The molecular formula is C26H19BN2Y-. The smallest absolute Gasteiger partial charge is 0.264 e. The molecule has 2 nitrogen and oxygen atoms in total. The van der Waals surface area contributed by atoms with Crippen LogP contribution in [-0.4, -0.2) is 13.4 Å². The van der Waals surface area contributed by atoms with Crippen molar-refractivity contribution >= 4 is 30.0 Å². The first-order valence-electron chi connectivity index (χ1n) is 9.39. The van der Waals surface area contributed by atoms with Crippen LogP contribution >= 0.6 is 0 Å². The zero-order valence-electron chi connectivity index (χ0n) is 17.1. The van der Waals surface area contributed by atoms with E-state index in [1.807, 2.05) is 36.1 Å². The Labute approximate surface area is 204 Å². The van der Waals surface area contributed by atoms with Gasteiger partial charge < -0.3 is 0 Å². The fraction of sp³-hybridized carbons (Fsp3) is 0.0769. The summed E-state index contributed by atoms with van der Waals surface area (Å²) in [6.45, 7) is 2.10. The number of aromatic nitrogens is 2. The third-order valence-corrected chi connectivity index (χ3v) is 5.28. The van der Waals surface area contributed by atoms with Gasteiger partial charge in [0.25, 0.3) is 5.82 Å². The Balaban J connectivity index is 0.00000128. The molecule has 4 heteroatoms. The molecule has 0 bridgehead atoms. The van der Waals surface area contributed by atoms with Gasteiger partial charge in [0.15, 0.2) is 0 Å². The van der Waals surface area contributed by atoms with Crippen molar-refractivity contribution < 1.29 is 37.3 Å². The van der Waals surface area contributed by atoms with Gasteiger partial charge in [-0.3, -0.25) is 4.57 Å². The van der Waals surface area contributed by atoms with E-state index in [4.69, 9.17) is 0 Å². The number of aryl methyl sites for hydroxylation is 2. The van der Waals surface area contributed by atoms with Crippen LogP contribution in [0.5, 0.6) is 0 Å². The van der Waals surface area contributed by atoms with E-state index in [-0.39, 0.29) is 41.1 Å². The molecule has 0 spiro atoms. The monoisotopic (exact) mass is 459 g/mol. The molecule has 140 valence electrons. The molecule has 5 aromatic rings. The van der Waals surface area contributed by atoms with Gasteiger partial charge in [0.1, 0.15) is 6.20 Å². The van der Waals surface area contributed by atoms with Crippen LogP contribution < -0.4 is 4.57 Å². The molecule has 0 atom stereocenters. The third-order valence-electron chi connectivity index (χ3n) is 5.28. The first-order valence-corrected chi connectivity index (χ1v) is 9.39. The van der Waals surface area contributed by atoms with Crippen LogP contribution in [0.25, 0.3) is 44.1 Å². The fourth-order valence-electron chi connectivity index (χ4n) is 3.83. The van der Waals surface area contributed by atoms with Gasteiger partial charge in [0.2, 0.25) is 0 Å². The Morgan fingerprint density at radius 1 is 0.867 bits per heavy atom. The molecule has 1 aromatic heterocycles. The summed E-state index contributed by atoms with van der Waals surface area (Å²) in [6, 6.07) is 30.3. The number of hydrogen-bond acceptors (Lipinski definition) is 1. The average Bonchev–Trinajstić information content (AvgIpc) is 2.74. The molecule has 5 rings (SSSR count). The van der Waals surface area contributed by atoms with Gasteiger partial charge in [-0.1, -0.05) is 53.7 Å². The maximum absolute atomic E-state index is 4.58. The summed E-state index contributed by atoms with van der Waals surface area (Å²) in [7, 11) is 2.01. The normalized spacial score (nSPS) is 10.5. The van der Waals surface area contributed by atoms with E-state index in [0.29, 0.717) is 0 Å². The van der Waals surface area contributed by atoms with Crippen molar-refractivity contribution in [2.75, 3.05) is 0 Å². The molecular weight excluding hydrogens is 440 g/mol. The summed E-state index contributed by atoms with van der Waals surface area (Å²) in [6.07, 6.45) is 3.84. The number of rotatable bonds is 2. The summed E-state index contributed by atoms with van der Waals surface area (Å²) >= 11 is 0. The van der Waals surface area contributed by atoms with E-state index >= 15 is 0 Å². The summed E-state index contributed by atoms with van der Waals surface area (Å²) in [5, 5.41) is 4.91. The van der Waals surface area contributed by atoms with Gasteiger partial charge in [-0.05, 0) is 10.9 Å². The fourth-order valence-corrected chi connectivity index (χ4v) is 3.83. The van der Waals surface area contributed by atoms with Gasteiger partial charge >= 0.3 is 0 Å². The van der Waals surface area contributed by atoms with Gasteiger partial charge in [-0.25, -0.2) is 5.56 Å². The minimum atomic E-state index is 0. The molecule has 4 radical (unpaired) electrons. The second kappa shape index (κ2) is 9.20. The predicted molar refractivity (Wildman–Crippen MR) is 119 cm³/mol. The van der Waals surface area contributed by atoms with E-state index in [0.717, 1.165) is 28.1 Å². The van der Waals surface area contributed by atoms with E-state index in [1.54, 1.807) is 0 Å². The van der Waals surface area contributed by atoms with E-state index < -0.39 is 0 Å². The van der Waals surface area contributed by atoms with Crippen LogP contribution in [0.15, 0.2) is 79.1 Å². The molecule has 0 aliphatic heterocycles. The summed E-state index contributed by atoms with van der Waals surface area (Å²) in [4.78, 5) is 4.58. The van der Waals surface area contributed by atoms with Gasteiger partial charge in [0.05, 0.1) is 13.2 Å². The molecule has 0 aliphatic rings. The van der Waals surface area contributed by atoms with Crippen molar-refractivity contribution in [3.8, 4) is 22.5 Å². The second-order valence-electron chi connectivity index (χ2n) is 7.09. The Hall–Kier alpha value is -2.35. The molecule has 1 heterocycles. The Morgan fingerprint density at radius 2 is 1.67 bits per heavy atom. The van der Waals surface area contributed by atoms with Crippen LogP contribution in [0.2, 0.25) is 0 Å². The first kappa shape index (κ1) is 22.3. The van der Waals surface area contributed by atoms with Gasteiger partial charge in [0, 0.05) is 47.2 Å². The maximum atomic E-state index is 4.58. The molecule has 0 unspecified atom stereocenters. The van der Waals surface area contributed by atoms with Crippen molar-refractivity contribution in [1.29, 1.82) is 0 Å². The zero-order valence-corrected chi connectivity index (χ0v) is 19.9. The average molecular weight is 459 g/mol. The number of benzene rings is 4. The van der Waals surface area contributed by atoms with Crippen LogP contribution in [0, 0.1) is 19.1 Å². The molecule has 0 saturated carbocycles. The quantitative estimate of drug-likeness (QED) is 0.156. The molecule has 4 aromatic carbocycles. The second-order valence-corrected chi connectivity index (χ2v) is 7.09. The van der Waals surface area contributed by atoms with Gasteiger partial charge in [-0.15, -0.1) is 28.5 Å². The van der Waals surface area contributed by atoms with Crippen LogP contribution in [0.3, 0.4) is 0 Å². The molecule has 0 N–H and O–H groups in total. The first-order chi connectivity index (χ1) is 13.7. The van der Waals surface area contributed by atoms with E-state index in [1.165, 1.54) is 21.5 Å². The van der Waals surface area contributed by atoms with Gasteiger partial charge in [-0.2, -0.15) is 29.8 Å². The number of nitrogens with zero attached hydrogens (tertiary/aromatic N) is 2. The van der Waals surface area contributed by atoms with Crippen molar-refractivity contribution in [2.45, 2.75) is 6.92 Å². The zero-order chi connectivity index (χ0) is 19.1. The Bertz CT molecular complexity index is 1350. The molecule has 0 saturated heterocycles. The van der Waals surface area contributed by atoms with Crippen molar-refractivity contribution in [1.82, 2.24) is 4.98 Å². The summed E-state index contributed by atoms with van der Waals surface area (Å²) in [5.41, 5.74) is 4.29. The largest absolute Gasteiger partial charge is 0.265 e. The molecule has 0 fully saturated rings. The maximum Gasteiger partial charge on any atom is 0.264 e. The predicted octanol–water partition coefficient (Wildman–Crippen LogP) is 5.07. The van der Waals surface area contributed by atoms with Crippen LogP contribution in [0.4, 0.5) is 0 Å². The molecule has 0 aliphatic carbocycles. The SMILES string of the molecule is Cc1ccc(-c2[c-]ccc3ccc4ccccc4c23)[c-]c1-c1nccc[n+]1C.[B].[Y]. The van der Waals surface area contributed by atoms with Crippen molar-refractivity contribution in [3.05, 3.63) is 96.8 Å². The Morgan fingerprint density at radius 3 is 2.50 bits per heavy atom.